The Morgan fingerprint density at radius 2 is 1.60 bits per heavy atom. The van der Waals surface area contributed by atoms with E-state index in [1.54, 1.807) is 0 Å². The molecule has 0 bridgehead atoms. The van der Waals surface area contributed by atoms with Crippen LogP contribution in [-0.4, -0.2) is 34.0 Å². The molecule has 2 fully saturated rings. The van der Waals surface area contributed by atoms with Gasteiger partial charge in [0.15, 0.2) is 0 Å². The number of likely N-dealkylation sites (tertiary alicyclic amines) is 1. The van der Waals surface area contributed by atoms with Crippen LogP contribution < -0.4 is 0 Å². The zero-order valence-electron chi connectivity index (χ0n) is 8.87. The van der Waals surface area contributed by atoms with Crippen LogP contribution in [0.15, 0.2) is 0 Å². The van der Waals surface area contributed by atoms with Crippen LogP contribution in [-0.2, 0) is 9.59 Å². The fourth-order valence-corrected chi connectivity index (χ4v) is 2.77. The molecule has 1 heterocycles. The molecule has 1 N–H and O–H groups in total. The average Bonchev–Trinajstić information content (AvgIpc) is 2.67. The second-order valence-electron chi connectivity index (χ2n) is 4.57. The summed E-state index contributed by atoms with van der Waals surface area (Å²) in [7, 11) is 0. The maximum atomic E-state index is 11.7. The van der Waals surface area contributed by atoms with Crippen molar-refractivity contribution in [2.24, 2.45) is 0 Å². The lowest BCUT2D eigenvalue weighted by molar-refractivity contribution is -0.157. The number of nitrogens with zero attached hydrogens (tertiary/aromatic N) is 1. The molecule has 15 heavy (non-hydrogen) atoms. The molecule has 0 spiro atoms. The standard InChI is InChI=1S/C11H17NO3/c13-8-11(6-1-2-7-11)12-9(14)4-3-5-10(12)15/h13H,1-8H2. The van der Waals surface area contributed by atoms with Gasteiger partial charge in [0.05, 0.1) is 12.1 Å². The van der Waals surface area contributed by atoms with E-state index in [2.05, 4.69) is 0 Å². The van der Waals surface area contributed by atoms with Gasteiger partial charge >= 0.3 is 0 Å². The first-order chi connectivity index (χ1) is 7.19. The Morgan fingerprint density at radius 1 is 1.07 bits per heavy atom. The molecule has 0 aromatic rings. The number of aliphatic hydroxyl groups is 1. The number of rotatable bonds is 2. The fourth-order valence-electron chi connectivity index (χ4n) is 2.77. The van der Waals surface area contributed by atoms with Crippen molar-refractivity contribution in [2.45, 2.75) is 50.5 Å². The first-order valence-electron chi connectivity index (χ1n) is 5.66. The van der Waals surface area contributed by atoms with Crippen molar-refractivity contribution >= 4 is 11.8 Å². The Hall–Kier alpha value is -0.900. The predicted molar refractivity (Wildman–Crippen MR) is 54.0 cm³/mol. The molecule has 1 saturated carbocycles. The average molecular weight is 211 g/mol. The van der Waals surface area contributed by atoms with Gasteiger partial charge in [0.25, 0.3) is 0 Å². The summed E-state index contributed by atoms with van der Waals surface area (Å²) in [5, 5.41) is 9.46. The summed E-state index contributed by atoms with van der Waals surface area (Å²) < 4.78 is 0. The summed E-state index contributed by atoms with van der Waals surface area (Å²) in [6, 6.07) is 0. The van der Waals surface area contributed by atoms with Crippen molar-refractivity contribution in [1.29, 1.82) is 0 Å². The molecule has 4 heteroatoms. The van der Waals surface area contributed by atoms with Crippen LogP contribution in [0, 0.1) is 0 Å². The fraction of sp³-hybridized carbons (Fsp3) is 0.818. The summed E-state index contributed by atoms with van der Waals surface area (Å²) in [5.74, 6) is -0.190. The number of piperidine rings is 1. The molecule has 0 aromatic heterocycles. The molecule has 0 atom stereocenters. The Labute approximate surface area is 89.3 Å². The maximum absolute atomic E-state index is 11.7. The number of hydrogen-bond donors (Lipinski definition) is 1. The van der Waals surface area contributed by atoms with Crippen LogP contribution in [0.1, 0.15) is 44.9 Å². The van der Waals surface area contributed by atoms with Gasteiger partial charge in [0.1, 0.15) is 0 Å². The molecule has 2 aliphatic rings. The second kappa shape index (κ2) is 3.93. The number of aliphatic hydroxyl groups excluding tert-OH is 1. The largest absolute Gasteiger partial charge is 0.394 e. The minimum absolute atomic E-state index is 0.0789. The van der Waals surface area contributed by atoms with Crippen LogP contribution in [0.5, 0.6) is 0 Å². The van der Waals surface area contributed by atoms with Crippen LogP contribution >= 0.6 is 0 Å². The van der Waals surface area contributed by atoms with E-state index >= 15 is 0 Å². The summed E-state index contributed by atoms with van der Waals surface area (Å²) in [6.45, 7) is -0.0789. The molecule has 84 valence electrons. The van der Waals surface area contributed by atoms with Gasteiger partial charge in [-0.3, -0.25) is 14.5 Å². The number of hydrogen-bond acceptors (Lipinski definition) is 3. The zero-order chi connectivity index (χ0) is 10.9. The second-order valence-corrected chi connectivity index (χ2v) is 4.57. The topological polar surface area (TPSA) is 57.6 Å². The van der Waals surface area contributed by atoms with E-state index in [0.717, 1.165) is 25.7 Å². The third-order valence-corrected chi connectivity index (χ3v) is 3.58. The van der Waals surface area contributed by atoms with Gasteiger partial charge in [0, 0.05) is 12.8 Å². The van der Waals surface area contributed by atoms with Crippen molar-refractivity contribution in [2.75, 3.05) is 6.61 Å². The third kappa shape index (κ3) is 1.67. The zero-order valence-corrected chi connectivity index (χ0v) is 8.87. The third-order valence-electron chi connectivity index (χ3n) is 3.58. The molecular weight excluding hydrogens is 194 g/mol. The van der Waals surface area contributed by atoms with E-state index in [0.29, 0.717) is 19.3 Å². The SMILES string of the molecule is O=C1CCCC(=O)N1C1(CO)CCCC1. The number of amides is 2. The predicted octanol–water partition coefficient (Wildman–Crippen LogP) is 0.831. The van der Waals surface area contributed by atoms with E-state index in [1.807, 2.05) is 0 Å². The summed E-state index contributed by atoms with van der Waals surface area (Å²) in [6.07, 6.45) is 5.09. The molecule has 1 saturated heterocycles. The Kier molecular flexibility index (Phi) is 2.78. The number of imide groups is 1. The van der Waals surface area contributed by atoms with Gasteiger partial charge in [-0.1, -0.05) is 12.8 Å². The molecule has 0 unspecified atom stereocenters. The Morgan fingerprint density at radius 3 is 2.07 bits per heavy atom. The van der Waals surface area contributed by atoms with Crippen molar-refractivity contribution in [3.63, 3.8) is 0 Å². The van der Waals surface area contributed by atoms with E-state index in [4.69, 9.17) is 0 Å². The van der Waals surface area contributed by atoms with E-state index in [1.165, 1.54) is 4.90 Å². The lowest BCUT2D eigenvalue weighted by Gasteiger charge is -2.40. The highest BCUT2D eigenvalue weighted by Crippen LogP contribution is 2.37. The summed E-state index contributed by atoms with van der Waals surface area (Å²) in [5.41, 5.74) is -0.561. The number of carbonyl (C=O) groups excluding carboxylic acids is 2. The van der Waals surface area contributed by atoms with Crippen molar-refractivity contribution in [3.05, 3.63) is 0 Å². The molecule has 1 aliphatic heterocycles. The molecule has 1 aliphatic carbocycles. The van der Waals surface area contributed by atoms with Crippen molar-refractivity contribution in [3.8, 4) is 0 Å². The van der Waals surface area contributed by atoms with Gasteiger partial charge in [-0.2, -0.15) is 0 Å². The van der Waals surface area contributed by atoms with Crippen LogP contribution in [0.4, 0.5) is 0 Å². The van der Waals surface area contributed by atoms with E-state index in [-0.39, 0.29) is 18.4 Å². The van der Waals surface area contributed by atoms with Crippen molar-refractivity contribution in [1.82, 2.24) is 4.90 Å². The quantitative estimate of drug-likeness (QED) is 0.688. The first-order valence-corrected chi connectivity index (χ1v) is 5.66. The smallest absolute Gasteiger partial charge is 0.229 e. The minimum atomic E-state index is -0.561. The molecule has 2 amide bonds. The lowest BCUT2D eigenvalue weighted by atomic mass is 9.92. The van der Waals surface area contributed by atoms with Gasteiger partial charge in [-0.05, 0) is 19.3 Å². The normalized spacial score (nSPS) is 26.1. The Balaban J connectivity index is 2.25. The molecular formula is C11H17NO3. The highest BCUT2D eigenvalue weighted by Gasteiger charge is 2.45. The van der Waals surface area contributed by atoms with Gasteiger partial charge in [0.2, 0.25) is 11.8 Å². The van der Waals surface area contributed by atoms with Crippen molar-refractivity contribution < 1.29 is 14.7 Å². The molecule has 0 aromatic carbocycles. The van der Waals surface area contributed by atoms with Gasteiger partial charge in [-0.15, -0.1) is 0 Å². The molecule has 2 rings (SSSR count). The monoisotopic (exact) mass is 211 g/mol. The Bertz CT molecular complexity index is 266. The van der Waals surface area contributed by atoms with Crippen LogP contribution in [0.2, 0.25) is 0 Å². The van der Waals surface area contributed by atoms with E-state index < -0.39 is 5.54 Å². The minimum Gasteiger partial charge on any atom is -0.394 e. The van der Waals surface area contributed by atoms with E-state index in [9.17, 15) is 14.7 Å². The van der Waals surface area contributed by atoms with Gasteiger partial charge in [-0.25, -0.2) is 0 Å². The first kappa shape index (κ1) is 10.6. The summed E-state index contributed by atoms with van der Waals surface area (Å²) in [4.78, 5) is 24.9. The maximum Gasteiger partial charge on any atom is 0.229 e. The highest BCUT2D eigenvalue weighted by atomic mass is 16.3. The molecule has 0 radical (unpaired) electrons. The summed E-state index contributed by atoms with van der Waals surface area (Å²) >= 11 is 0. The van der Waals surface area contributed by atoms with Gasteiger partial charge < -0.3 is 5.11 Å². The lowest BCUT2D eigenvalue weighted by Crippen LogP contribution is -2.57. The van der Waals surface area contributed by atoms with Crippen LogP contribution in [0.25, 0.3) is 0 Å². The number of carbonyl (C=O) groups is 2. The molecule has 4 nitrogen and oxygen atoms in total. The van der Waals surface area contributed by atoms with Crippen LogP contribution in [0.3, 0.4) is 0 Å². The highest BCUT2D eigenvalue weighted by molar-refractivity contribution is 5.98.